The summed E-state index contributed by atoms with van der Waals surface area (Å²) in [6.07, 6.45) is 0. The molecule has 0 fully saturated rings. The Kier molecular flexibility index (Phi) is 5.45. The predicted octanol–water partition coefficient (Wildman–Crippen LogP) is 4.19. The van der Waals surface area contributed by atoms with E-state index in [-0.39, 0.29) is 0 Å². The van der Waals surface area contributed by atoms with Crippen LogP contribution in [0.25, 0.3) is 0 Å². The van der Waals surface area contributed by atoms with Crippen LogP contribution in [0.2, 0.25) is 5.02 Å². The minimum Gasteiger partial charge on any atom is -0.384 e. The van der Waals surface area contributed by atoms with Gasteiger partial charge in [0.15, 0.2) is 0 Å². The summed E-state index contributed by atoms with van der Waals surface area (Å²) in [5.41, 5.74) is 3.75. The van der Waals surface area contributed by atoms with Crippen LogP contribution in [0.3, 0.4) is 0 Å². The van der Waals surface area contributed by atoms with Crippen molar-refractivity contribution in [2.24, 2.45) is 0 Å². The van der Waals surface area contributed by atoms with Crippen molar-refractivity contribution in [3.63, 3.8) is 0 Å². The van der Waals surface area contributed by atoms with E-state index in [4.69, 9.17) is 11.6 Å². The van der Waals surface area contributed by atoms with E-state index >= 15 is 0 Å². The maximum absolute atomic E-state index is 5.89. The zero-order valence-electron chi connectivity index (χ0n) is 12.1. The number of hydrogen-bond donors (Lipinski definition) is 1. The highest BCUT2D eigenvalue weighted by Gasteiger charge is 2.00. The van der Waals surface area contributed by atoms with E-state index < -0.39 is 0 Å². The molecule has 0 aliphatic carbocycles. The standard InChI is InChI=1S/C17H21ClN2/c1-14-3-9-17(10-4-14)19-11-12-20(2)13-15-5-7-16(18)8-6-15/h3-10,19H,11-13H2,1-2H3. The first kappa shape index (κ1) is 14.9. The van der Waals surface area contributed by atoms with Gasteiger partial charge >= 0.3 is 0 Å². The zero-order valence-corrected chi connectivity index (χ0v) is 12.8. The normalized spacial score (nSPS) is 10.8. The average molecular weight is 289 g/mol. The molecule has 2 aromatic rings. The molecule has 0 amide bonds. The van der Waals surface area contributed by atoms with Crippen molar-refractivity contribution in [3.8, 4) is 0 Å². The Labute approximate surface area is 126 Å². The van der Waals surface area contributed by atoms with Crippen LogP contribution >= 0.6 is 11.6 Å². The smallest absolute Gasteiger partial charge is 0.0406 e. The summed E-state index contributed by atoms with van der Waals surface area (Å²) in [6.45, 7) is 4.97. The molecule has 3 heteroatoms. The van der Waals surface area contributed by atoms with Crippen LogP contribution in [0.5, 0.6) is 0 Å². The zero-order chi connectivity index (χ0) is 14.4. The van der Waals surface area contributed by atoms with Gasteiger partial charge in [-0.1, -0.05) is 41.4 Å². The van der Waals surface area contributed by atoms with Crippen molar-refractivity contribution in [2.75, 3.05) is 25.5 Å². The molecule has 0 aromatic heterocycles. The number of nitrogens with one attached hydrogen (secondary N) is 1. The lowest BCUT2D eigenvalue weighted by Crippen LogP contribution is -2.24. The van der Waals surface area contributed by atoms with Crippen LogP contribution in [-0.4, -0.2) is 25.0 Å². The summed E-state index contributed by atoms with van der Waals surface area (Å²) in [6, 6.07) is 16.5. The molecule has 0 spiro atoms. The predicted molar refractivity (Wildman–Crippen MR) is 87.5 cm³/mol. The minimum atomic E-state index is 0.789. The van der Waals surface area contributed by atoms with Gasteiger partial charge in [0.1, 0.15) is 0 Å². The van der Waals surface area contributed by atoms with Crippen LogP contribution < -0.4 is 5.32 Å². The lowest BCUT2D eigenvalue weighted by molar-refractivity contribution is 0.340. The molecule has 0 saturated carbocycles. The number of likely N-dealkylation sites (N-methyl/N-ethyl adjacent to an activating group) is 1. The van der Waals surface area contributed by atoms with Gasteiger partial charge in [0.25, 0.3) is 0 Å². The first-order valence-corrected chi connectivity index (χ1v) is 7.25. The molecule has 0 heterocycles. The van der Waals surface area contributed by atoms with Gasteiger partial charge in [0.2, 0.25) is 0 Å². The Morgan fingerprint density at radius 2 is 1.65 bits per heavy atom. The van der Waals surface area contributed by atoms with Crippen molar-refractivity contribution in [1.82, 2.24) is 4.90 Å². The van der Waals surface area contributed by atoms with Gasteiger partial charge in [-0.05, 0) is 43.8 Å². The molecule has 2 nitrogen and oxygen atoms in total. The van der Waals surface area contributed by atoms with Crippen LogP contribution in [0.1, 0.15) is 11.1 Å². The highest BCUT2D eigenvalue weighted by atomic mass is 35.5. The molecule has 0 atom stereocenters. The Morgan fingerprint density at radius 3 is 2.30 bits per heavy atom. The Morgan fingerprint density at radius 1 is 1.00 bits per heavy atom. The van der Waals surface area contributed by atoms with Gasteiger partial charge < -0.3 is 10.2 Å². The fourth-order valence-electron chi connectivity index (χ4n) is 2.04. The molecule has 0 unspecified atom stereocenters. The van der Waals surface area contributed by atoms with Gasteiger partial charge in [-0.15, -0.1) is 0 Å². The second-order valence-corrected chi connectivity index (χ2v) is 5.59. The third-order valence-electron chi connectivity index (χ3n) is 3.24. The number of nitrogens with zero attached hydrogens (tertiary/aromatic N) is 1. The van der Waals surface area contributed by atoms with Gasteiger partial charge in [-0.2, -0.15) is 0 Å². The van der Waals surface area contributed by atoms with Crippen LogP contribution in [0, 0.1) is 6.92 Å². The van der Waals surface area contributed by atoms with Crippen molar-refractivity contribution in [3.05, 3.63) is 64.7 Å². The van der Waals surface area contributed by atoms with E-state index in [1.165, 1.54) is 16.8 Å². The Hall–Kier alpha value is -1.51. The molecule has 0 radical (unpaired) electrons. The van der Waals surface area contributed by atoms with E-state index in [9.17, 15) is 0 Å². The van der Waals surface area contributed by atoms with Gasteiger partial charge in [-0.25, -0.2) is 0 Å². The molecule has 2 aromatic carbocycles. The van der Waals surface area contributed by atoms with Crippen molar-refractivity contribution < 1.29 is 0 Å². The van der Waals surface area contributed by atoms with Crippen LogP contribution in [0.4, 0.5) is 5.69 Å². The lowest BCUT2D eigenvalue weighted by Gasteiger charge is -2.17. The third kappa shape index (κ3) is 4.87. The molecule has 0 bridgehead atoms. The molecule has 106 valence electrons. The molecular formula is C17H21ClN2. The fourth-order valence-corrected chi connectivity index (χ4v) is 2.17. The maximum Gasteiger partial charge on any atom is 0.0406 e. The number of benzene rings is 2. The average Bonchev–Trinajstić information content (AvgIpc) is 2.44. The summed E-state index contributed by atoms with van der Waals surface area (Å²) < 4.78 is 0. The third-order valence-corrected chi connectivity index (χ3v) is 3.49. The van der Waals surface area contributed by atoms with Crippen molar-refractivity contribution >= 4 is 17.3 Å². The number of halogens is 1. The SMILES string of the molecule is Cc1ccc(NCCN(C)Cc2ccc(Cl)cc2)cc1. The largest absolute Gasteiger partial charge is 0.384 e. The molecule has 1 N–H and O–H groups in total. The highest BCUT2D eigenvalue weighted by molar-refractivity contribution is 6.30. The van der Waals surface area contributed by atoms with E-state index in [1.807, 2.05) is 12.1 Å². The summed E-state index contributed by atoms with van der Waals surface area (Å²) in [4.78, 5) is 2.30. The topological polar surface area (TPSA) is 15.3 Å². The fraction of sp³-hybridized carbons (Fsp3) is 0.294. The Bertz CT molecular complexity index is 520. The number of rotatable bonds is 6. The van der Waals surface area contributed by atoms with Gasteiger partial charge in [-0.3, -0.25) is 0 Å². The molecule has 0 aliphatic heterocycles. The van der Waals surface area contributed by atoms with Crippen LogP contribution in [-0.2, 0) is 6.54 Å². The minimum absolute atomic E-state index is 0.789. The number of anilines is 1. The first-order chi connectivity index (χ1) is 9.63. The summed E-state index contributed by atoms with van der Waals surface area (Å²) in [5.74, 6) is 0. The summed E-state index contributed by atoms with van der Waals surface area (Å²) >= 11 is 5.89. The van der Waals surface area contributed by atoms with E-state index in [0.29, 0.717) is 0 Å². The number of aryl methyl sites for hydroxylation is 1. The monoisotopic (exact) mass is 288 g/mol. The molecule has 0 aliphatic rings. The molecular weight excluding hydrogens is 268 g/mol. The molecule has 20 heavy (non-hydrogen) atoms. The summed E-state index contributed by atoms with van der Waals surface area (Å²) in [5, 5.41) is 4.22. The summed E-state index contributed by atoms with van der Waals surface area (Å²) in [7, 11) is 2.13. The molecule has 0 saturated heterocycles. The van der Waals surface area contributed by atoms with Crippen molar-refractivity contribution in [2.45, 2.75) is 13.5 Å². The van der Waals surface area contributed by atoms with E-state index in [1.54, 1.807) is 0 Å². The second-order valence-electron chi connectivity index (χ2n) is 5.16. The lowest BCUT2D eigenvalue weighted by atomic mass is 10.2. The second kappa shape index (κ2) is 7.32. The van der Waals surface area contributed by atoms with Gasteiger partial charge in [0, 0.05) is 30.3 Å². The van der Waals surface area contributed by atoms with Gasteiger partial charge in [0.05, 0.1) is 0 Å². The van der Waals surface area contributed by atoms with Crippen LogP contribution in [0.15, 0.2) is 48.5 Å². The highest BCUT2D eigenvalue weighted by Crippen LogP contribution is 2.11. The first-order valence-electron chi connectivity index (χ1n) is 6.87. The maximum atomic E-state index is 5.89. The Balaban J connectivity index is 1.73. The quantitative estimate of drug-likeness (QED) is 0.857. The van der Waals surface area contributed by atoms with E-state index in [2.05, 4.69) is 60.6 Å². The number of hydrogen-bond acceptors (Lipinski definition) is 2. The van der Waals surface area contributed by atoms with E-state index in [0.717, 1.165) is 24.7 Å². The van der Waals surface area contributed by atoms with Crippen molar-refractivity contribution in [1.29, 1.82) is 0 Å². The molecule has 2 rings (SSSR count).